The predicted octanol–water partition coefficient (Wildman–Crippen LogP) is 5.93. The Morgan fingerprint density at radius 3 is 2.49 bits per heavy atom. The van der Waals surface area contributed by atoms with E-state index in [9.17, 15) is 19.1 Å². The monoisotopic (exact) mass is 497 g/mol. The molecule has 7 heteroatoms. The molecule has 1 amide bonds. The smallest absolute Gasteiger partial charge is 0.296 e. The fraction of sp³-hybridized carbons (Fsp3) is 0.133. The number of halogens is 1. The van der Waals surface area contributed by atoms with E-state index in [2.05, 4.69) is 0 Å². The second-order valence-electron chi connectivity index (χ2n) is 8.83. The zero-order chi connectivity index (χ0) is 25.9. The molecule has 0 radical (unpaired) electrons. The van der Waals surface area contributed by atoms with Crippen molar-refractivity contribution in [1.29, 1.82) is 0 Å². The van der Waals surface area contributed by atoms with Crippen LogP contribution in [0.3, 0.4) is 0 Å². The molecule has 0 bridgehead atoms. The number of amides is 1. The van der Waals surface area contributed by atoms with Crippen molar-refractivity contribution in [3.05, 3.63) is 131 Å². The molecule has 0 saturated carbocycles. The maximum Gasteiger partial charge on any atom is 0.296 e. The van der Waals surface area contributed by atoms with Gasteiger partial charge in [0.05, 0.1) is 24.4 Å². The van der Waals surface area contributed by atoms with Gasteiger partial charge in [-0.25, -0.2) is 4.39 Å². The van der Waals surface area contributed by atoms with E-state index in [0.717, 1.165) is 11.1 Å². The maximum absolute atomic E-state index is 14.9. The average molecular weight is 498 g/mol. The van der Waals surface area contributed by atoms with Gasteiger partial charge in [-0.05, 0) is 55.0 Å². The van der Waals surface area contributed by atoms with Crippen molar-refractivity contribution in [2.24, 2.45) is 0 Å². The van der Waals surface area contributed by atoms with Crippen molar-refractivity contribution in [2.75, 3.05) is 0 Å². The molecule has 1 unspecified atom stereocenters. The number of rotatable bonds is 7. The van der Waals surface area contributed by atoms with Crippen LogP contribution in [0.15, 0.2) is 101 Å². The zero-order valence-electron chi connectivity index (χ0n) is 20.1. The molecule has 1 aliphatic heterocycles. The number of ketones is 1. The lowest BCUT2D eigenvalue weighted by Gasteiger charge is -2.24. The first-order valence-electron chi connectivity index (χ1n) is 11.8. The first-order chi connectivity index (χ1) is 17.9. The van der Waals surface area contributed by atoms with Crippen molar-refractivity contribution in [3.63, 3.8) is 0 Å². The van der Waals surface area contributed by atoms with Gasteiger partial charge in [0.1, 0.15) is 29.7 Å². The van der Waals surface area contributed by atoms with Crippen molar-refractivity contribution in [3.8, 4) is 5.75 Å². The second-order valence-corrected chi connectivity index (χ2v) is 8.83. The summed E-state index contributed by atoms with van der Waals surface area (Å²) in [5, 5.41) is 11.2. The molecule has 0 aliphatic carbocycles. The van der Waals surface area contributed by atoms with Gasteiger partial charge in [-0.15, -0.1) is 0 Å². The minimum Gasteiger partial charge on any atom is -0.507 e. The number of furan rings is 1. The number of carbonyl (C=O) groups excluding carboxylic acids is 2. The van der Waals surface area contributed by atoms with Crippen molar-refractivity contribution in [1.82, 2.24) is 4.90 Å². The van der Waals surface area contributed by atoms with Gasteiger partial charge >= 0.3 is 0 Å². The van der Waals surface area contributed by atoms with Gasteiger partial charge in [0.25, 0.3) is 11.7 Å². The third kappa shape index (κ3) is 4.89. The van der Waals surface area contributed by atoms with E-state index in [1.807, 2.05) is 31.2 Å². The Kier molecular flexibility index (Phi) is 6.60. The molecule has 6 nitrogen and oxygen atoms in total. The van der Waals surface area contributed by atoms with Gasteiger partial charge in [-0.1, -0.05) is 48.0 Å². The van der Waals surface area contributed by atoms with Crippen molar-refractivity contribution >= 4 is 17.4 Å². The van der Waals surface area contributed by atoms with Gasteiger partial charge in [-0.3, -0.25) is 9.59 Å². The summed E-state index contributed by atoms with van der Waals surface area (Å²) in [4.78, 5) is 27.4. The quantitative estimate of drug-likeness (QED) is 0.195. The van der Waals surface area contributed by atoms with Gasteiger partial charge in [0.15, 0.2) is 0 Å². The average Bonchev–Trinajstić information content (AvgIpc) is 3.50. The molecule has 5 rings (SSSR count). The van der Waals surface area contributed by atoms with Crippen LogP contribution < -0.4 is 4.74 Å². The first-order valence-corrected chi connectivity index (χ1v) is 11.8. The van der Waals surface area contributed by atoms with E-state index in [4.69, 9.17) is 9.15 Å². The Bertz CT molecular complexity index is 1470. The number of ether oxygens (including phenoxy) is 1. The summed E-state index contributed by atoms with van der Waals surface area (Å²) in [6, 6.07) is 22.6. The van der Waals surface area contributed by atoms with E-state index in [1.54, 1.807) is 42.5 Å². The fourth-order valence-corrected chi connectivity index (χ4v) is 4.47. The van der Waals surface area contributed by atoms with Crippen LogP contribution in [-0.2, 0) is 22.7 Å². The fourth-order valence-electron chi connectivity index (χ4n) is 4.47. The number of benzene rings is 3. The summed E-state index contributed by atoms with van der Waals surface area (Å²) in [5.74, 6) is -1.72. The van der Waals surface area contributed by atoms with Gasteiger partial charge < -0.3 is 19.2 Å². The van der Waals surface area contributed by atoms with E-state index in [0.29, 0.717) is 23.7 Å². The van der Waals surface area contributed by atoms with Crippen LogP contribution >= 0.6 is 0 Å². The number of Topliss-reactive ketones (excluding diaryl/α,β-unsaturated/α-hetero) is 1. The van der Waals surface area contributed by atoms with Crippen molar-refractivity contribution in [2.45, 2.75) is 26.1 Å². The predicted molar refractivity (Wildman–Crippen MR) is 135 cm³/mol. The number of hydrogen-bond donors (Lipinski definition) is 1. The van der Waals surface area contributed by atoms with E-state index >= 15 is 0 Å². The highest BCUT2D eigenvalue weighted by atomic mass is 19.1. The number of aliphatic hydroxyl groups excluding tert-OH is 1. The van der Waals surface area contributed by atoms with Gasteiger partial charge in [0, 0.05) is 11.1 Å². The summed E-state index contributed by atoms with van der Waals surface area (Å²) < 4.78 is 26.1. The molecule has 1 aromatic heterocycles. The normalized spacial score (nSPS) is 16.8. The van der Waals surface area contributed by atoms with Crippen LogP contribution in [-0.4, -0.2) is 21.7 Å². The van der Waals surface area contributed by atoms with Crippen LogP contribution in [0.1, 0.15) is 34.1 Å². The summed E-state index contributed by atoms with van der Waals surface area (Å²) in [6.07, 6.45) is 1.45. The molecule has 3 aromatic carbocycles. The molecule has 37 heavy (non-hydrogen) atoms. The standard InChI is InChI=1S/C30H24FNO5/c1-19-6-4-7-20(16-19)18-37-22-13-11-21(12-14-22)28(33)26-27(24-9-2-3-10-25(24)31)32(30(35)29(26)34)17-23-8-5-15-36-23/h2-16,27,33H,17-18H2,1H3/b28-26+. The zero-order valence-corrected chi connectivity index (χ0v) is 20.1. The van der Waals surface area contributed by atoms with Crippen molar-refractivity contribution < 1.29 is 28.2 Å². The Balaban J connectivity index is 1.48. The molecule has 1 aliphatic rings. The summed E-state index contributed by atoms with van der Waals surface area (Å²) in [6.45, 7) is 2.32. The summed E-state index contributed by atoms with van der Waals surface area (Å²) in [7, 11) is 0. The van der Waals surface area contributed by atoms with E-state index in [1.165, 1.54) is 29.4 Å². The van der Waals surface area contributed by atoms with Gasteiger partial charge in [-0.2, -0.15) is 0 Å². The molecule has 4 aromatic rings. The minimum atomic E-state index is -1.12. The van der Waals surface area contributed by atoms with Gasteiger partial charge in [0.2, 0.25) is 0 Å². The largest absolute Gasteiger partial charge is 0.507 e. The number of hydrogen-bond acceptors (Lipinski definition) is 5. The molecule has 1 saturated heterocycles. The highest BCUT2D eigenvalue weighted by Gasteiger charge is 2.47. The molecule has 186 valence electrons. The van der Waals surface area contributed by atoms with Crippen LogP contribution in [0.2, 0.25) is 0 Å². The number of likely N-dealkylation sites (tertiary alicyclic amines) is 1. The Morgan fingerprint density at radius 2 is 1.78 bits per heavy atom. The lowest BCUT2D eigenvalue weighted by molar-refractivity contribution is -0.140. The number of nitrogens with zero attached hydrogens (tertiary/aromatic N) is 1. The minimum absolute atomic E-state index is 0.0565. The molecule has 1 atom stereocenters. The van der Waals surface area contributed by atoms with Crippen LogP contribution in [0.25, 0.3) is 5.76 Å². The summed E-state index contributed by atoms with van der Waals surface area (Å²) in [5.41, 5.74) is 2.38. The van der Waals surface area contributed by atoms with E-state index < -0.39 is 29.3 Å². The highest BCUT2D eigenvalue weighted by Crippen LogP contribution is 2.41. The molecular formula is C30H24FNO5. The second kappa shape index (κ2) is 10.1. The SMILES string of the molecule is Cc1cccc(COc2ccc(/C(O)=C3\C(=O)C(=O)N(Cc4ccco4)C3c3ccccc3F)cc2)c1. The topological polar surface area (TPSA) is 80.0 Å². The molecule has 2 heterocycles. The third-order valence-corrected chi connectivity index (χ3v) is 6.26. The number of aryl methyl sites for hydroxylation is 1. The Labute approximate surface area is 213 Å². The summed E-state index contributed by atoms with van der Waals surface area (Å²) >= 11 is 0. The first kappa shape index (κ1) is 24.1. The highest BCUT2D eigenvalue weighted by molar-refractivity contribution is 6.46. The van der Waals surface area contributed by atoms with Crippen LogP contribution in [0.4, 0.5) is 4.39 Å². The van der Waals surface area contributed by atoms with Crippen LogP contribution in [0, 0.1) is 12.7 Å². The lowest BCUT2D eigenvalue weighted by Crippen LogP contribution is -2.29. The number of carbonyl (C=O) groups is 2. The number of aliphatic hydroxyl groups is 1. The Morgan fingerprint density at radius 1 is 1.00 bits per heavy atom. The maximum atomic E-state index is 14.9. The molecule has 0 spiro atoms. The third-order valence-electron chi connectivity index (χ3n) is 6.26. The van der Waals surface area contributed by atoms with Crippen LogP contribution in [0.5, 0.6) is 5.75 Å². The lowest BCUT2D eigenvalue weighted by atomic mass is 9.95. The Hall–Kier alpha value is -4.65. The molecular weight excluding hydrogens is 473 g/mol. The molecule has 1 fully saturated rings. The van der Waals surface area contributed by atoms with E-state index in [-0.39, 0.29) is 17.7 Å². The molecule has 1 N–H and O–H groups in total.